The van der Waals surface area contributed by atoms with Crippen LogP contribution in [0.4, 0.5) is 0 Å². The molecule has 3 heterocycles. The number of nitrogens with one attached hydrogen (secondary N) is 1. The standard InChI is InChI=1S/C12H15N5OS/c1-17-10-8(6-16-17)12(15-7-14-10)19-9-4-2-3-5-13-11(9)18/h6-7,9H,2-5H2,1H3,(H,13,18)/t9-/m1/s1. The maximum Gasteiger partial charge on any atom is 0.233 e. The Morgan fingerprint density at radius 1 is 1.42 bits per heavy atom. The van der Waals surface area contributed by atoms with Gasteiger partial charge < -0.3 is 5.32 Å². The van der Waals surface area contributed by atoms with Crippen LogP contribution in [0, 0.1) is 0 Å². The summed E-state index contributed by atoms with van der Waals surface area (Å²) < 4.78 is 1.72. The summed E-state index contributed by atoms with van der Waals surface area (Å²) in [5.74, 6) is 0.109. The fourth-order valence-corrected chi connectivity index (χ4v) is 3.32. The van der Waals surface area contributed by atoms with Crippen molar-refractivity contribution in [3.63, 3.8) is 0 Å². The van der Waals surface area contributed by atoms with Crippen molar-refractivity contribution in [3.05, 3.63) is 12.5 Å². The number of thioether (sulfide) groups is 1. The van der Waals surface area contributed by atoms with Crippen molar-refractivity contribution in [2.75, 3.05) is 6.54 Å². The highest BCUT2D eigenvalue weighted by atomic mass is 32.2. The van der Waals surface area contributed by atoms with Crippen molar-refractivity contribution < 1.29 is 4.79 Å². The third kappa shape index (κ3) is 2.42. The number of hydrogen-bond donors (Lipinski definition) is 1. The Labute approximate surface area is 115 Å². The van der Waals surface area contributed by atoms with Gasteiger partial charge in [0.25, 0.3) is 0 Å². The predicted molar refractivity (Wildman–Crippen MR) is 72.8 cm³/mol. The lowest BCUT2D eigenvalue weighted by Crippen LogP contribution is -2.30. The lowest BCUT2D eigenvalue weighted by Gasteiger charge is -2.12. The molecule has 7 heteroatoms. The number of aryl methyl sites for hydroxylation is 1. The molecule has 0 aromatic carbocycles. The van der Waals surface area contributed by atoms with E-state index >= 15 is 0 Å². The maximum absolute atomic E-state index is 12.0. The second-order valence-corrected chi connectivity index (χ2v) is 5.77. The van der Waals surface area contributed by atoms with E-state index in [1.165, 1.54) is 18.1 Å². The number of hydrogen-bond acceptors (Lipinski definition) is 5. The average Bonchev–Trinajstić information content (AvgIpc) is 2.67. The molecule has 0 saturated carbocycles. The number of nitrogens with zero attached hydrogens (tertiary/aromatic N) is 4. The van der Waals surface area contributed by atoms with E-state index in [0.29, 0.717) is 0 Å². The van der Waals surface area contributed by atoms with Gasteiger partial charge in [-0.25, -0.2) is 9.97 Å². The molecule has 1 aliphatic rings. The van der Waals surface area contributed by atoms with Gasteiger partial charge in [0, 0.05) is 13.6 Å². The molecular formula is C12H15N5OS. The van der Waals surface area contributed by atoms with Crippen LogP contribution in [0.15, 0.2) is 17.6 Å². The van der Waals surface area contributed by atoms with Gasteiger partial charge >= 0.3 is 0 Å². The van der Waals surface area contributed by atoms with E-state index in [-0.39, 0.29) is 11.2 Å². The summed E-state index contributed by atoms with van der Waals surface area (Å²) in [5, 5.41) is 8.81. The van der Waals surface area contributed by atoms with Crippen LogP contribution < -0.4 is 5.32 Å². The first-order valence-electron chi connectivity index (χ1n) is 6.33. The molecule has 0 aliphatic carbocycles. The molecule has 0 radical (unpaired) electrons. The van der Waals surface area contributed by atoms with Gasteiger partial charge in [0.05, 0.1) is 16.8 Å². The fourth-order valence-electron chi connectivity index (χ4n) is 2.19. The zero-order valence-corrected chi connectivity index (χ0v) is 11.5. The van der Waals surface area contributed by atoms with E-state index in [1.54, 1.807) is 10.9 Å². The molecule has 1 atom stereocenters. The van der Waals surface area contributed by atoms with E-state index < -0.39 is 0 Å². The molecular weight excluding hydrogens is 262 g/mol. The van der Waals surface area contributed by atoms with Crippen LogP contribution in [-0.2, 0) is 11.8 Å². The number of carbonyl (C=O) groups excluding carboxylic acids is 1. The quantitative estimate of drug-likeness (QED) is 0.833. The van der Waals surface area contributed by atoms with Gasteiger partial charge in [0.1, 0.15) is 11.4 Å². The van der Waals surface area contributed by atoms with Gasteiger partial charge in [0.2, 0.25) is 5.91 Å². The minimum atomic E-state index is -0.0687. The Morgan fingerprint density at radius 3 is 3.21 bits per heavy atom. The second kappa shape index (κ2) is 5.16. The van der Waals surface area contributed by atoms with Crippen LogP contribution in [0.25, 0.3) is 11.0 Å². The summed E-state index contributed by atoms with van der Waals surface area (Å²) in [6, 6.07) is 0. The van der Waals surface area contributed by atoms with Crippen LogP contribution in [0.2, 0.25) is 0 Å². The molecule has 2 aromatic rings. The number of aromatic nitrogens is 4. The van der Waals surface area contributed by atoms with Crippen LogP contribution in [0.1, 0.15) is 19.3 Å². The van der Waals surface area contributed by atoms with Gasteiger partial charge in [-0.1, -0.05) is 18.2 Å². The van der Waals surface area contributed by atoms with Crippen LogP contribution in [0.3, 0.4) is 0 Å². The molecule has 19 heavy (non-hydrogen) atoms. The molecule has 1 N–H and O–H groups in total. The topological polar surface area (TPSA) is 72.7 Å². The summed E-state index contributed by atoms with van der Waals surface area (Å²) in [7, 11) is 1.85. The van der Waals surface area contributed by atoms with E-state index in [0.717, 1.165) is 41.9 Å². The minimum Gasteiger partial charge on any atom is -0.355 e. The summed E-state index contributed by atoms with van der Waals surface area (Å²) >= 11 is 1.51. The Hall–Kier alpha value is -1.63. The molecule has 1 fully saturated rings. The summed E-state index contributed by atoms with van der Waals surface area (Å²) in [6.07, 6.45) is 6.29. The highest BCUT2D eigenvalue weighted by Gasteiger charge is 2.23. The van der Waals surface area contributed by atoms with E-state index in [2.05, 4.69) is 20.4 Å². The molecule has 1 amide bonds. The SMILES string of the molecule is Cn1ncc2c(S[C@@H]3CCCCNC3=O)ncnc21. The van der Waals surface area contributed by atoms with E-state index in [1.807, 2.05) is 7.05 Å². The molecule has 0 spiro atoms. The Morgan fingerprint density at radius 2 is 2.32 bits per heavy atom. The average molecular weight is 277 g/mol. The minimum absolute atomic E-state index is 0.0687. The van der Waals surface area contributed by atoms with Crippen molar-refractivity contribution >= 4 is 28.7 Å². The third-order valence-corrected chi connectivity index (χ3v) is 4.51. The smallest absolute Gasteiger partial charge is 0.233 e. The highest BCUT2D eigenvalue weighted by Crippen LogP contribution is 2.30. The molecule has 2 aromatic heterocycles. The van der Waals surface area contributed by atoms with Crippen molar-refractivity contribution in [2.45, 2.75) is 29.5 Å². The largest absolute Gasteiger partial charge is 0.355 e. The highest BCUT2D eigenvalue weighted by molar-refractivity contribution is 8.00. The van der Waals surface area contributed by atoms with Crippen LogP contribution in [0.5, 0.6) is 0 Å². The van der Waals surface area contributed by atoms with E-state index in [9.17, 15) is 4.79 Å². The van der Waals surface area contributed by atoms with Crippen molar-refractivity contribution in [2.24, 2.45) is 7.05 Å². The van der Waals surface area contributed by atoms with Gasteiger partial charge in [0.15, 0.2) is 5.65 Å². The van der Waals surface area contributed by atoms with Crippen molar-refractivity contribution in [3.8, 4) is 0 Å². The van der Waals surface area contributed by atoms with Crippen LogP contribution >= 0.6 is 11.8 Å². The maximum atomic E-state index is 12.0. The molecule has 0 bridgehead atoms. The first kappa shape index (κ1) is 12.4. The monoisotopic (exact) mass is 277 g/mol. The first-order chi connectivity index (χ1) is 9.25. The summed E-state index contributed by atoms with van der Waals surface area (Å²) in [4.78, 5) is 20.5. The van der Waals surface area contributed by atoms with E-state index in [4.69, 9.17) is 0 Å². The first-order valence-corrected chi connectivity index (χ1v) is 7.21. The van der Waals surface area contributed by atoms with Gasteiger partial charge in [-0.05, 0) is 12.8 Å². The lowest BCUT2D eigenvalue weighted by atomic mass is 10.2. The van der Waals surface area contributed by atoms with Gasteiger partial charge in [-0.3, -0.25) is 9.48 Å². The third-order valence-electron chi connectivity index (χ3n) is 3.23. The zero-order chi connectivity index (χ0) is 13.2. The molecule has 6 nitrogen and oxygen atoms in total. The van der Waals surface area contributed by atoms with Crippen LogP contribution in [-0.4, -0.2) is 37.5 Å². The van der Waals surface area contributed by atoms with Gasteiger partial charge in [-0.15, -0.1) is 0 Å². The van der Waals surface area contributed by atoms with Crippen molar-refractivity contribution in [1.29, 1.82) is 0 Å². The molecule has 0 unspecified atom stereocenters. The number of rotatable bonds is 2. The number of amides is 1. The number of fused-ring (bicyclic) bond motifs is 1. The zero-order valence-electron chi connectivity index (χ0n) is 10.7. The number of carbonyl (C=O) groups is 1. The summed E-state index contributed by atoms with van der Waals surface area (Å²) in [5.41, 5.74) is 0.798. The second-order valence-electron chi connectivity index (χ2n) is 4.58. The Kier molecular flexibility index (Phi) is 3.37. The normalized spacial score (nSPS) is 20.3. The predicted octanol–water partition coefficient (Wildman–Crippen LogP) is 1.12. The van der Waals surface area contributed by atoms with Gasteiger partial charge in [-0.2, -0.15) is 5.10 Å². The van der Waals surface area contributed by atoms with Crippen molar-refractivity contribution in [1.82, 2.24) is 25.1 Å². The summed E-state index contributed by atoms with van der Waals surface area (Å²) in [6.45, 7) is 0.780. The molecule has 100 valence electrons. The molecule has 3 rings (SSSR count). The Bertz CT molecular complexity index is 611. The molecule has 1 saturated heterocycles. The molecule has 1 aliphatic heterocycles. The lowest BCUT2D eigenvalue weighted by molar-refractivity contribution is -0.120. The fraction of sp³-hybridized carbons (Fsp3) is 0.500. The Balaban J connectivity index is 1.90.